The van der Waals surface area contributed by atoms with E-state index in [1.165, 1.54) is 12.4 Å². The predicted molar refractivity (Wildman–Crippen MR) is 93.8 cm³/mol. The van der Waals surface area contributed by atoms with Crippen molar-refractivity contribution in [3.63, 3.8) is 0 Å². The Morgan fingerprint density at radius 3 is 2.89 bits per heavy atom. The van der Waals surface area contributed by atoms with Gasteiger partial charge in [-0.3, -0.25) is 4.57 Å². The van der Waals surface area contributed by atoms with Crippen LogP contribution in [0.15, 0.2) is 24.8 Å². The average molecular weight is 395 g/mol. The Labute approximate surface area is 160 Å². The third-order valence-corrected chi connectivity index (χ3v) is 4.64. The van der Waals surface area contributed by atoms with Gasteiger partial charge in [-0.1, -0.05) is 11.6 Å². The lowest BCUT2D eigenvalue weighted by Crippen LogP contribution is -2.28. The number of nitrogens with zero attached hydrogens (tertiary/aromatic N) is 4. The van der Waals surface area contributed by atoms with Crippen molar-refractivity contribution in [2.24, 2.45) is 0 Å². The molecule has 0 unspecified atom stereocenters. The zero-order valence-corrected chi connectivity index (χ0v) is 15.8. The molecule has 0 saturated carbocycles. The molecule has 0 radical (unpaired) electrons. The van der Waals surface area contributed by atoms with Crippen LogP contribution >= 0.6 is 11.6 Å². The van der Waals surface area contributed by atoms with Crippen LogP contribution in [0.1, 0.15) is 27.0 Å². The Kier molecular flexibility index (Phi) is 4.63. The molecule has 0 aliphatic carbocycles. The van der Waals surface area contributed by atoms with Gasteiger partial charge in [0.05, 0.1) is 12.9 Å². The van der Waals surface area contributed by atoms with Gasteiger partial charge in [-0.2, -0.15) is 0 Å². The fourth-order valence-electron chi connectivity index (χ4n) is 3.36. The van der Waals surface area contributed by atoms with E-state index in [0.717, 1.165) is 0 Å². The second-order valence-electron chi connectivity index (χ2n) is 6.66. The summed E-state index contributed by atoms with van der Waals surface area (Å²) in [6, 6.07) is 0. The van der Waals surface area contributed by atoms with E-state index in [-0.39, 0.29) is 5.15 Å². The molecule has 0 bridgehead atoms. The van der Waals surface area contributed by atoms with Crippen molar-refractivity contribution < 1.29 is 23.7 Å². The number of halogens is 1. The Balaban J connectivity index is 1.67. The van der Waals surface area contributed by atoms with Crippen LogP contribution in [-0.4, -0.2) is 56.2 Å². The highest BCUT2D eigenvalue weighted by atomic mass is 35.5. The Morgan fingerprint density at radius 2 is 2.11 bits per heavy atom. The molecule has 27 heavy (non-hydrogen) atoms. The molecule has 2 aromatic rings. The molecular weight excluding hydrogens is 376 g/mol. The van der Waals surface area contributed by atoms with Crippen molar-refractivity contribution in [2.75, 3.05) is 6.61 Å². The number of carbonyl (C=O) groups is 1. The smallest absolute Gasteiger partial charge is 0.330 e. The second kappa shape index (κ2) is 6.83. The van der Waals surface area contributed by atoms with E-state index in [2.05, 4.69) is 15.0 Å². The molecule has 2 saturated heterocycles. The lowest BCUT2D eigenvalue weighted by Gasteiger charge is -2.23. The lowest BCUT2D eigenvalue weighted by atomic mass is 10.1. The number of esters is 1. The SMILES string of the molecule is CCOC(=O)/C=C/[C@H]1O[C@@H](n2cnc3c(Cl)ncnc32)[C@@H]2OC(C)(C)O[C@@H]21. The largest absolute Gasteiger partial charge is 0.463 e. The van der Waals surface area contributed by atoms with E-state index < -0.39 is 36.3 Å². The van der Waals surface area contributed by atoms with Crippen LogP contribution in [0.5, 0.6) is 0 Å². The van der Waals surface area contributed by atoms with Gasteiger partial charge < -0.3 is 18.9 Å². The summed E-state index contributed by atoms with van der Waals surface area (Å²) in [5.74, 6) is -1.22. The maximum absolute atomic E-state index is 11.7. The first-order valence-electron chi connectivity index (χ1n) is 8.58. The normalized spacial score (nSPS) is 29.5. The van der Waals surface area contributed by atoms with Crippen LogP contribution in [0.3, 0.4) is 0 Å². The highest BCUT2D eigenvalue weighted by Crippen LogP contribution is 2.44. The van der Waals surface area contributed by atoms with E-state index in [0.29, 0.717) is 17.8 Å². The van der Waals surface area contributed by atoms with Crippen molar-refractivity contribution in [1.82, 2.24) is 19.5 Å². The van der Waals surface area contributed by atoms with Gasteiger partial charge in [0, 0.05) is 6.08 Å². The molecule has 0 N–H and O–H groups in total. The fraction of sp³-hybridized carbons (Fsp3) is 0.529. The third-order valence-electron chi connectivity index (χ3n) is 4.36. The van der Waals surface area contributed by atoms with E-state index in [9.17, 15) is 4.79 Å². The van der Waals surface area contributed by atoms with Crippen LogP contribution in [-0.2, 0) is 23.7 Å². The molecule has 144 valence electrons. The molecule has 0 aromatic carbocycles. The maximum Gasteiger partial charge on any atom is 0.330 e. The van der Waals surface area contributed by atoms with E-state index >= 15 is 0 Å². The summed E-state index contributed by atoms with van der Waals surface area (Å²) in [6.45, 7) is 5.72. The van der Waals surface area contributed by atoms with Gasteiger partial charge in [0.2, 0.25) is 0 Å². The lowest BCUT2D eigenvalue weighted by molar-refractivity contribution is -0.191. The standard InChI is InChI=1S/C17H19ClN4O5/c1-4-24-10(23)6-5-9-12-13(27-17(2,3)26-12)16(25-9)22-8-21-11-14(18)19-7-20-15(11)22/h5-9,12-13,16H,4H2,1-3H3/b6-5+/t9-,12-,13-,16-/m1/s1. The zero-order chi connectivity index (χ0) is 19.2. The first-order valence-corrected chi connectivity index (χ1v) is 8.96. The number of hydrogen-bond acceptors (Lipinski definition) is 8. The topological polar surface area (TPSA) is 97.6 Å². The molecule has 2 aliphatic rings. The molecule has 9 nitrogen and oxygen atoms in total. The van der Waals surface area contributed by atoms with Crippen molar-refractivity contribution in [3.05, 3.63) is 30.0 Å². The van der Waals surface area contributed by atoms with Gasteiger partial charge in [-0.25, -0.2) is 19.7 Å². The number of hydrogen-bond donors (Lipinski definition) is 0. The van der Waals surface area contributed by atoms with Gasteiger partial charge in [0.1, 0.15) is 30.2 Å². The minimum Gasteiger partial charge on any atom is -0.463 e. The third kappa shape index (κ3) is 3.31. The van der Waals surface area contributed by atoms with Gasteiger partial charge in [-0.15, -0.1) is 0 Å². The van der Waals surface area contributed by atoms with Crippen LogP contribution in [0.4, 0.5) is 0 Å². The molecule has 0 spiro atoms. The highest BCUT2D eigenvalue weighted by molar-refractivity contribution is 6.33. The number of carbonyl (C=O) groups excluding carboxylic acids is 1. The van der Waals surface area contributed by atoms with Gasteiger partial charge in [0.15, 0.2) is 22.8 Å². The summed E-state index contributed by atoms with van der Waals surface area (Å²) in [5, 5.41) is 0.260. The summed E-state index contributed by atoms with van der Waals surface area (Å²) in [6.07, 6.45) is 4.05. The monoisotopic (exact) mass is 394 g/mol. The van der Waals surface area contributed by atoms with E-state index in [4.69, 9.17) is 30.5 Å². The molecule has 4 rings (SSSR count). The molecule has 2 aromatic heterocycles. The Bertz CT molecular complexity index is 899. The molecule has 10 heteroatoms. The van der Waals surface area contributed by atoms with Crippen LogP contribution in [0.2, 0.25) is 5.15 Å². The maximum atomic E-state index is 11.7. The number of imidazole rings is 1. The summed E-state index contributed by atoms with van der Waals surface area (Å²) in [7, 11) is 0. The summed E-state index contributed by atoms with van der Waals surface area (Å²) in [5.41, 5.74) is 1.00. The average Bonchev–Trinajstić information content (AvgIpc) is 3.25. The minimum atomic E-state index is -0.781. The summed E-state index contributed by atoms with van der Waals surface area (Å²) >= 11 is 6.09. The molecular formula is C17H19ClN4O5. The Morgan fingerprint density at radius 1 is 1.33 bits per heavy atom. The van der Waals surface area contributed by atoms with Gasteiger partial charge in [0.25, 0.3) is 0 Å². The summed E-state index contributed by atoms with van der Waals surface area (Å²) in [4.78, 5) is 24.1. The number of fused-ring (bicyclic) bond motifs is 2. The number of aromatic nitrogens is 4. The van der Waals surface area contributed by atoms with E-state index in [1.54, 1.807) is 23.9 Å². The number of rotatable bonds is 4. The molecule has 0 amide bonds. The molecule has 4 atom stereocenters. The zero-order valence-electron chi connectivity index (χ0n) is 15.0. The predicted octanol–water partition coefficient (Wildman–Crippen LogP) is 2.02. The van der Waals surface area contributed by atoms with Gasteiger partial charge in [-0.05, 0) is 26.8 Å². The van der Waals surface area contributed by atoms with Crippen LogP contribution in [0.25, 0.3) is 11.2 Å². The molecule has 2 aliphatic heterocycles. The first kappa shape index (κ1) is 18.3. The van der Waals surface area contributed by atoms with Crippen molar-refractivity contribution in [3.8, 4) is 0 Å². The minimum absolute atomic E-state index is 0.260. The van der Waals surface area contributed by atoms with Gasteiger partial charge >= 0.3 is 5.97 Å². The fourth-order valence-corrected chi connectivity index (χ4v) is 3.54. The molecule has 4 heterocycles. The summed E-state index contributed by atoms with van der Waals surface area (Å²) < 4.78 is 24.8. The number of ether oxygens (including phenoxy) is 4. The van der Waals surface area contributed by atoms with Crippen LogP contribution in [0, 0.1) is 0 Å². The quantitative estimate of drug-likeness (QED) is 0.441. The second-order valence-corrected chi connectivity index (χ2v) is 7.01. The Hall–Kier alpha value is -2.07. The van der Waals surface area contributed by atoms with Crippen LogP contribution < -0.4 is 0 Å². The van der Waals surface area contributed by atoms with Crippen molar-refractivity contribution in [2.45, 2.75) is 51.1 Å². The van der Waals surface area contributed by atoms with Crippen molar-refractivity contribution >= 4 is 28.7 Å². The first-order chi connectivity index (χ1) is 12.9. The van der Waals surface area contributed by atoms with E-state index in [1.807, 2.05) is 13.8 Å². The highest BCUT2D eigenvalue weighted by Gasteiger charge is 2.55. The van der Waals surface area contributed by atoms with Crippen molar-refractivity contribution in [1.29, 1.82) is 0 Å². The molecule has 2 fully saturated rings.